The van der Waals surface area contributed by atoms with E-state index in [1.807, 2.05) is 13.0 Å². The van der Waals surface area contributed by atoms with Crippen LogP contribution in [-0.4, -0.2) is 15.3 Å². The normalized spacial score (nSPS) is 10.4. The first-order chi connectivity index (χ1) is 11.1. The highest BCUT2D eigenvalue weighted by molar-refractivity contribution is 6.07. The molecular formula is C18H13N3O2. The van der Waals surface area contributed by atoms with Crippen LogP contribution in [0.15, 0.2) is 53.3 Å². The lowest BCUT2D eigenvalue weighted by atomic mass is 10.1. The van der Waals surface area contributed by atoms with Crippen molar-refractivity contribution in [3.8, 4) is 6.07 Å². The third-order valence-electron chi connectivity index (χ3n) is 3.58. The van der Waals surface area contributed by atoms with Crippen LogP contribution in [0.25, 0.3) is 10.9 Å². The zero-order valence-electron chi connectivity index (χ0n) is 12.5. The fourth-order valence-corrected chi connectivity index (χ4v) is 2.44. The topological polar surface area (TPSA) is 75.8 Å². The van der Waals surface area contributed by atoms with Crippen LogP contribution < -0.4 is 5.56 Å². The summed E-state index contributed by atoms with van der Waals surface area (Å²) in [5.41, 5.74) is 1.46. The quantitative estimate of drug-likeness (QED) is 0.696. The van der Waals surface area contributed by atoms with Crippen LogP contribution in [0.4, 0.5) is 0 Å². The minimum Gasteiger partial charge on any atom is -0.285 e. The van der Waals surface area contributed by atoms with E-state index < -0.39 is 0 Å². The van der Waals surface area contributed by atoms with Crippen molar-refractivity contribution in [3.05, 3.63) is 75.8 Å². The van der Waals surface area contributed by atoms with Gasteiger partial charge in [-0.25, -0.2) is 4.98 Å². The molecule has 112 valence electrons. The maximum atomic E-state index is 12.7. The van der Waals surface area contributed by atoms with Crippen molar-refractivity contribution in [1.29, 1.82) is 5.26 Å². The van der Waals surface area contributed by atoms with Gasteiger partial charge < -0.3 is 0 Å². The summed E-state index contributed by atoms with van der Waals surface area (Å²) < 4.78 is 1.13. The largest absolute Gasteiger partial charge is 0.285 e. The molecule has 0 saturated heterocycles. The second-order valence-electron chi connectivity index (χ2n) is 5.20. The average molecular weight is 303 g/mol. The lowest BCUT2D eigenvalue weighted by molar-refractivity contribution is 0.102. The Bertz CT molecular complexity index is 998. The monoisotopic (exact) mass is 303 g/mol. The van der Waals surface area contributed by atoms with E-state index in [4.69, 9.17) is 5.26 Å². The van der Waals surface area contributed by atoms with Crippen molar-refractivity contribution in [2.24, 2.45) is 0 Å². The number of nitrogens with zero attached hydrogens (tertiary/aromatic N) is 3. The molecule has 0 atom stereocenters. The molecule has 0 aliphatic carbocycles. The zero-order valence-corrected chi connectivity index (χ0v) is 12.5. The molecule has 23 heavy (non-hydrogen) atoms. The van der Waals surface area contributed by atoms with E-state index in [1.54, 1.807) is 48.5 Å². The Balaban J connectivity index is 2.30. The molecule has 5 heteroatoms. The predicted molar refractivity (Wildman–Crippen MR) is 86.2 cm³/mol. The van der Waals surface area contributed by atoms with Crippen LogP contribution in [0.3, 0.4) is 0 Å². The van der Waals surface area contributed by atoms with Gasteiger partial charge in [0.1, 0.15) is 6.54 Å². The number of hydrogen-bond acceptors (Lipinski definition) is 4. The number of carbonyl (C=O) groups is 1. The fourth-order valence-electron chi connectivity index (χ4n) is 2.44. The lowest BCUT2D eigenvalue weighted by Crippen LogP contribution is -2.28. The minimum atomic E-state index is -0.379. The Hall–Kier alpha value is -3.26. The molecule has 0 aliphatic rings. The van der Waals surface area contributed by atoms with E-state index in [9.17, 15) is 9.59 Å². The van der Waals surface area contributed by atoms with Crippen LogP contribution in [0.1, 0.15) is 21.7 Å². The number of nitriles is 1. The second-order valence-corrected chi connectivity index (χ2v) is 5.20. The summed E-state index contributed by atoms with van der Waals surface area (Å²) in [5.74, 6) is -0.387. The maximum absolute atomic E-state index is 12.7. The van der Waals surface area contributed by atoms with Crippen molar-refractivity contribution in [2.45, 2.75) is 13.5 Å². The molecule has 1 heterocycles. The van der Waals surface area contributed by atoms with Gasteiger partial charge in [0.25, 0.3) is 5.56 Å². The third-order valence-corrected chi connectivity index (χ3v) is 3.58. The Morgan fingerprint density at radius 3 is 2.65 bits per heavy atom. The molecular weight excluding hydrogens is 290 g/mol. The molecule has 0 saturated carbocycles. The van der Waals surface area contributed by atoms with Crippen molar-refractivity contribution >= 4 is 16.7 Å². The van der Waals surface area contributed by atoms with Gasteiger partial charge >= 0.3 is 0 Å². The van der Waals surface area contributed by atoms with E-state index in [1.165, 1.54) is 0 Å². The average Bonchev–Trinajstić information content (AvgIpc) is 2.57. The van der Waals surface area contributed by atoms with Crippen molar-refractivity contribution in [2.75, 3.05) is 0 Å². The Labute approximate surface area is 132 Å². The molecule has 3 rings (SSSR count). The Morgan fingerprint density at radius 2 is 1.96 bits per heavy atom. The van der Waals surface area contributed by atoms with Crippen LogP contribution in [-0.2, 0) is 6.54 Å². The number of fused-ring (bicyclic) bond motifs is 1. The van der Waals surface area contributed by atoms with Gasteiger partial charge in [-0.05, 0) is 24.6 Å². The van der Waals surface area contributed by atoms with Crippen LogP contribution >= 0.6 is 0 Å². The summed E-state index contributed by atoms with van der Waals surface area (Å²) in [6.07, 6.45) is 0. The molecule has 0 radical (unpaired) electrons. The molecule has 0 N–H and O–H groups in total. The van der Waals surface area contributed by atoms with Gasteiger partial charge in [0.05, 0.1) is 17.0 Å². The first kappa shape index (κ1) is 14.7. The van der Waals surface area contributed by atoms with Gasteiger partial charge in [0.15, 0.2) is 5.82 Å². The van der Waals surface area contributed by atoms with Gasteiger partial charge in [-0.3, -0.25) is 14.2 Å². The molecule has 0 fully saturated rings. The van der Waals surface area contributed by atoms with E-state index in [0.29, 0.717) is 16.5 Å². The third kappa shape index (κ3) is 2.62. The maximum Gasteiger partial charge on any atom is 0.262 e. The van der Waals surface area contributed by atoms with E-state index in [0.717, 1.165) is 10.1 Å². The smallest absolute Gasteiger partial charge is 0.262 e. The molecule has 2 aromatic carbocycles. The highest BCUT2D eigenvalue weighted by Crippen LogP contribution is 2.13. The SMILES string of the molecule is Cc1ccc2c(=O)n(CC#N)c(C(=O)c3ccccc3)nc2c1. The van der Waals surface area contributed by atoms with Crippen LogP contribution in [0.2, 0.25) is 0 Å². The summed E-state index contributed by atoms with van der Waals surface area (Å²) >= 11 is 0. The van der Waals surface area contributed by atoms with Gasteiger partial charge in [-0.15, -0.1) is 0 Å². The molecule has 0 unspecified atom stereocenters. The van der Waals surface area contributed by atoms with E-state index >= 15 is 0 Å². The number of benzene rings is 2. The first-order valence-electron chi connectivity index (χ1n) is 7.09. The van der Waals surface area contributed by atoms with Crippen molar-refractivity contribution in [3.63, 3.8) is 0 Å². The number of ketones is 1. The highest BCUT2D eigenvalue weighted by atomic mass is 16.1. The van der Waals surface area contributed by atoms with Crippen molar-refractivity contribution in [1.82, 2.24) is 9.55 Å². The van der Waals surface area contributed by atoms with Crippen molar-refractivity contribution < 1.29 is 4.79 Å². The lowest BCUT2D eigenvalue weighted by Gasteiger charge is -2.10. The fraction of sp³-hybridized carbons (Fsp3) is 0.111. The Kier molecular flexibility index (Phi) is 3.73. The van der Waals surface area contributed by atoms with Gasteiger partial charge in [0.2, 0.25) is 5.78 Å². The molecule has 0 bridgehead atoms. The number of aromatic nitrogens is 2. The summed E-state index contributed by atoms with van der Waals surface area (Å²) in [7, 11) is 0. The number of hydrogen-bond donors (Lipinski definition) is 0. The van der Waals surface area contributed by atoms with Crippen LogP contribution in [0, 0.1) is 18.3 Å². The molecule has 1 aromatic heterocycles. The zero-order chi connectivity index (χ0) is 16.4. The summed E-state index contributed by atoms with van der Waals surface area (Å²) in [5, 5.41) is 9.39. The van der Waals surface area contributed by atoms with Crippen LogP contribution in [0.5, 0.6) is 0 Å². The van der Waals surface area contributed by atoms with Gasteiger partial charge in [-0.2, -0.15) is 5.26 Å². The van der Waals surface area contributed by atoms with E-state index in [2.05, 4.69) is 4.98 Å². The summed E-state index contributed by atoms with van der Waals surface area (Å²) in [6, 6.07) is 15.8. The summed E-state index contributed by atoms with van der Waals surface area (Å²) in [6.45, 7) is 1.67. The Morgan fingerprint density at radius 1 is 1.22 bits per heavy atom. The summed E-state index contributed by atoms with van der Waals surface area (Å²) in [4.78, 5) is 29.7. The van der Waals surface area contributed by atoms with E-state index in [-0.39, 0.29) is 23.7 Å². The van der Waals surface area contributed by atoms with Gasteiger partial charge in [0, 0.05) is 5.56 Å². The molecule has 3 aromatic rings. The standard InChI is InChI=1S/C18H13N3O2/c1-12-7-8-14-15(11-12)20-17(21(10-9-19)18(14)23)16(22)13-5-3-2-4-6-13/h2-8,11H,10H2,1H3. The number of rotatable bonds is 3. The minimum absolute atomic E-state index is 0.0131. The molecule has 0 aliphatic heterocycles. The predicted octanol–water partition coefficient (Wildman–Crippen LogP) is 2.46. The second kappa shape index (κ2) is 5.85. The number of carbonyl (C=O) groups excluding carboxylic acids is 1. The number of aryl methyl sites for hydroxylation is 1. The molecule has 0 amide bonds. The highest BCUT2D eigenvalue weighted by Gasteiger charge is 2.18. The van der Waals surface area contributed by atoms with Gasteiger partial charge in [-0.1, -0.05) is 36.4 Å². The first-order valence-corrected chi connectivity index (χ1v) is 7.09. The molecule has 5 nitrogen and oxygen atoms in total. The molecule has 0 spiro atoms.